The van der Waals surface area contributed by atoms with Crippen molar-refractivity contribution in [2.75, 3.05) is 5.32 Å². The smallest absolute Gasteiger partial charge is 0.338 e. The summed E-state index contributed by atoms with van der Waals surface area (Å²) in [7, 11) is 0. The van der Waals surface area contributed by atoms with E-state index in [-0.39, 0.29) is 18.1 Å². The van der Waals surface area contributed by atoms with Crippen LogP contribution in [0.5, 0.6) is 0 Å². The number of nitrogens with one attached hydrogen (secondary N) is 1. The lowest BCUT2D eigenvalue weighted by Crippen LogP contribution is -2.32. The second-order valence-electron chi connectivity index (χ2n) is 4.78. The third kappa shape index (κ3) is 3.85. The molecule has 3 nitrogen and oxygen atoms in total. The second kappa shape index (κ2) is 6.75. The summed E-state index contributed by atoms with van der Waals surface area (Å²) in [5.74, 6) is -0.292. The first kappa shape index (κ1) is 14.1. The molecule has 2 aromatic rings. The third-order valence-electron chi connectivity index (χ3n) is 3.17. The minimum absolute atomic E-state index is 0.0325. The van der Waals surface area contributed by atoms with Gasteiger partial charge in [-0.05, 0) is 38.1 Å². The average Bonchev–Trinajstić information content (AvgIpc) is 2.49. The standard InChI is InChI=1S/C17H19NO2/c1-13(18-16-11-7-4-8-12-16)14(2)20-17(19)15-9-5-3-6-10-15/h3-14,18H,1-2H3/t13-,14-/m0/s1. The van der Waals surface area contributed by atoms with Crippen molar-refractivity contribution in [3.63, 3.8) is 0 Å². The number of para-hydroxylation sites is 1. The molecule has 2 aromatic carbocycles. The predicted octanol–water partition coefficient (Wildman–Crippen LogP) is 3.73. The van der Waals surface area contributed by atoms with Crippen LogP contribution in [-0.2, 0) is 4.74 Å². The molecule has 2 rings (SSSR count). The highest BCUT2D eigenvalue weighted by Crippen LogP contribution is 2.12. The maximum absolute atomic E-state index is 12.0. The van der Waals surface area contributed by atoms with E-state index in [1.165, 1.54) is 0 Å². The highest BCUT2D eigenvalue weighted by atomic mass is 16.5. The highest BCUT2D eigenvalue weighted by Gasteiger charge is 2.17. The number of hydrogen-bond donors (Lipinski definition) is 1. The van der Waals surface area contributed by atoms with Gasteiger partial charge in [-0.1, -0.05) is 36.4 Å². The summed E-state index contributed by atoms with van der Waals surface area (Å²) in [5, 5.41) is 3.32. The molecule has 0 aliphatic rings. The maximum Gasteiger partial charge on any atom is 0.338 e. The summed E-state index contributed by atoms with van der Waals surface area (Å²) >= 11 is 0. The van der Waals surface area contributed by atoms with E-state index >= 15 is 0 Å². The molecule has 0 spiro atoms. The Morgan fingerprint density at radius 1 is 0.950 bits per heavy atom. The molecular weight excluding hydrogens is 250 g/mol. The Morgan fingerprint density at radius 3 is 2.10 bits per heavy atom. The van der Waals surface area contributed by atoms with Gasteiger partial charge in [-0.15, -0.1) is 0 Å². The molecular formula is C17H19NO2. The number of benzene rings is 2. The lowest BCUT2D eigenvalue weighted by Gasteiger charge is -2.22. The Balaban J connectivity index is 1.91. The van der Waals surface area contributed by atoms with E-state index in [2.05, 4.69) is 5.32 Å². The van der Waals surface area contributed by atoms with Gasteiger partial charge in [0, 0.05) is 5.69 Å². The first-order valence-electron chi connectivity index (χ1n) is 6.74. The number of rotatable bonds is 5. The Labute approximate surface area is 119 Å². The van der Waals surface area contributed by atoms with Crippen LogP contribution in [-0.4, -0.2) is 18.1 Å². The molecule has 0 amide bonds. The van der Waals surface area contributed by atoms with E-state index in [1.54, 1.807) is 12.1 Å². The van der Waals surface area contributed by atoms with Crippen molar-refractivity contribution in [3.8, 4) is 0 Å². The molecule has 3 heteroatoms. The minimum Gasteiger partial charge on any atom is -0.457 e. The van der Waals surface area contributed by atoms with Gasteiger partial charge in [-0.2, -0.15) is 0 Å². The Bertz CT molecular complexity index is 539. The van der Waals surface area contributed by atoms with Gasteiger partial charge in [-0.25, -0.2) is 4.79 Å². The van der Waals surface area contributed by atoms with Gasteiger partial charge in [0.25, 0.3) is 0 Å². The predicted molar refractivity (Wildman–Crippen MR) is 80.8 cm³/mol. The fraction of sp³-hybridized carbons (Fsp3) is 0.235. The Hall–Kier alpha value is -2.29. The van der Waals surface area contributed by atoms with Crippen LogP contribution in [0.2, 0.25) is 0 Å². The Morgan fingerprint density at radius 2 is 1.50 bits per heavy atom. The summed E-state index contributed by atoms with van der Waals surface area (Å²) in [4.78, 5) is 12.0. The molecule has 0 bridgehead atoms. The van der Waals surface area contributed by atoms with E-state index < -0.39 is 0 Å². The summed E-state index contributed by atoms with van der Waals surface area (Å²) in [6, 6.07) is 18.9. The van der Waals surface area contributed by atoms with Crippen LogP contribution in [0, 0.1) is 0 Å². The molecule has 104 valence electrons. The normalized spacial score (nSPS) is 13.3. The van der Waals surface area contributed by atoms with E-state index in [1.807, 2.05) is 62.4 Å². The lowest BCUT2D eigenvalue weighted by molar-refractivity contribution is 0.0312. The van der Waals surface area contributed by atoms with Gasteiger partial charge in [0.05, 0.1) is 11.6 Å². The van der Waals surface area contributed by atoms with Crippen LogP contribution in [0.15, 0.2) is 60.7 Å². The van der Waals surface area contributed by atoms with Crippen molar-refractivity contribution in [1.82, 2.24) is 0 Å². The first-order chi connectivity index (χ1) is 9.66. The van der Waals surface area contributed by atoms with E-state index in [4.69, 9.17) is 4.74 Å². The SMILES string of the molecule is C[C@H](Nc1ccccc1)[C@H](C)OC(=O)c1ccccc1. The molecule has 0 fully saturated rings. The largest absolute Gasteiger partial charge is 0.457 e. The molecule has 0 aliphatic carbocycles. The fourth-order valence-corrected chi connectivity index (χ4v) is 1.83. The molecule has 0 saturated carbocycles. The number of carbonyl (C=O) groups is 1. The van der Waals surface area contributed by atoms with Crippen molar-refractivity contribution in [2.45, 2.75) is 26.0 Å². The first-order valence-corrected chi connectivity index (χ1v) is 6.74. The number of hydrogen-bond acceptors (Lipinski definition) is 3. The fourth-order valence-electron chi connectivity index (χ4n) is 1.83. The maximum atomic E-state index is 12.0. The van der Waals surface area contributed by atoms with Crippen LogP contribution >= 0.6 is 0 Å². The van der Waals surface area contributed by atoms with Crippen molar-refractivity contribution in [3.05, 3.63) is 66.2 Å². The van der Waals surface area contributed by atoms with Crippen molar-refractivity contribution >= 4 is 11.7 Å². The van der Waals surface area contributed by atoms with Crippen molar-refractivity contribution in [1.29, 1.82) is 0 Å². The zero-order chi connectivity index (χ0) is 14.4. The molecule has 0 unspecified atom stereocenters. The van der Waals surface area contributed by atoms with Gasteiger partial charge >= 0.3 is 5.97 Å². The molecule has 0 aromatic heterocycles. The van der Waals surface area contributed by atoms with E-state index in [9.17, 15) is 4.79 Å². The monoisotopic (exact) mass is 269 g/mol. The molecule has 0 heterocycles. The number of anilines is 1. The van der Waals surface area contributed by atoms with Crippen LogP contribution in [0.4, 0.5) is 5.69 Å². The van der Waals surface area contributed by atoms with Crippen molar-refractivity contribution < 1.29 is 9.53 Å². The third-order valence-corrected chi connectivity index (χ3v) is 3.17. The van der Waals surface area contributed by atoms with E-state index in [0.29, 0.717) is 5.56 Å². The second-order valence-corrected chi connectivity index (χ2v) is 4.78. The summed E-state index contributed by atoms with van der Waals surface area (Å²) < 4.78 is 5.47. The average molecular weight is 269 g/mol. The highest BCUT2D eigenvalue weighted by molar-refractivity contribution is 5.89. The molecule has 0 saturated heterocycles. The van der Waals surface area contributed by atoms with Gasteiger partial charge in [0.15, 0.2) is 0 Å². The van der Waals surface area contributed by atoms with E-state index in [0.717, 1.165) is 5.69 Å². The lowest BCUT2D eigenvalue weighted by atomic mass is 10.2. The number of ether oxygens (including phenoxy) is 1. The molecule has 0 aliphatic heterocycles. The van der Waals surface area contributed by atoms with Crippen molar-refractivity contribution in [2.24, 2.45) is 0 Å². The summed E-state index contributed by atoms with van der Waals surface area (Å²) in [6.07, 6.45) is -0.220. The Kier molecular flexibility index (Phi) is 4.77. The summed E-state index contributed by atoms with van der Waals surface area (Å²) in [5.41, 5.74) is 1.59. The van der Waals surface area contributed by atoms with Crippen LogP contribution in [0.1, 0.15) is 24.2 Å². The molecule has 0 radical (unpaired) electrons. The minimum atomic E-state index is -0.292. The van der Waals surface area contributed by atoms with Crippen LogP contribution < -0.4 is 5.32 Å². The van der Waals surface area contributed by atoms with Gasteiger partial charge in [0.1, 0.15) is 6.10 Å². The quantitative estimate of drug-likeness (QED) is 0.840. The summed E-state index contributed by atoms with van der Waals surface area (Å²) in [6.45, 7) is 3.89. The molecule has 1 N–H and O–H groups in total. The number of carbonyl (C=O) groups excluding carboxylic acids is 1. The topological polar surface area (TPSA) is 38.3 Å². The zero-order valence-electron chi connectivity index (χ0n) is 11.7. The van der Waals surface area contributed by atoms with Crippen LogP contribution in [0.25, 0.3) is 0 Å². The number of esters is 1. The van der Waals surface area contributed by atoms with Gasteiger partial charge < -0.3 is 10.1 Å². The zero-order valence-corrected chi connectivity index (χ0v) is 11.7. The van der Waals surface area contributed by atoms with Gasteiger partial charge in [-0.3, -0.25) is 0 Å². The van der Waals surface area contributed by atoms with Crippen LogP contribution in [0.3, 0.4) is 0 Å². The molecule has 2 atom stereocenters. The van der Waals surface area contributed by atoms with Gasteiger partial charge in [0.2, 0.25) is 0 Å². The molecule has 20 heavy (non-hydrogen) atoms.